The lowest BCUT2D eigenvalue weighted by molar-refractivity contribution is -0.136. The summed E-state index contributed by atoms with van der Waals surface area (Å²) in [6.07, 6.45) is 5.36. The molecule has 120 valence electrons. The third-order valence-corrected chi connectivity index (χ3v) is 6.94. The predicted molar refractivity (Wildman–Crippen MR) is 86.1 cm³/mol. The summed E-state index contributed by atoms with van der Waals surface area (Å²) in [4.78, 5) is 14.5. The fourth-order valence-corrected chi connectivity index (χ4v) is 5.31. The summed E-state index contributed by atoms with van der Waals surface area (Å²) in [5, 5.41) is -0.574. The molecular formula is C17H23NO3S. The zero-order chi connectivity index (χ0) is 15.6. The molecule has 1 aromatic carbocycles. The Kier molecular flexibility index (Phi) is 4.52. The Labute approximate surface area is 132 Å². The highest BCUT2D eigenvalue weighted by Gasteiger charge is 2.37. The Morgan fingerprint density at radius 3 is 2.41 bits per heavy atom. The second-order valence-electron chi connectivity index (χ2n) is 6.39. The summed E-state index contributed by atoms with van der Waals surface area (Å²) in [5.74, 6) is 0.340. The van der Waals surface area contributed by atoms with Crippen LogP contribution in [0.1, 0.15) is 42.9 Å². The first kappa shape index (κ1) is 15.5. The van der Waals surface area contributed by atoms with Crippen molar-refractivity contribution < 1.29 is 13.2 Å². The first-order valence-electron chi connectivity index (χ1n) is 8.13. The number of carbonyl (C=O) groups excluding carboxylic acids is 1. The van der Waals surface area contributed by atoms with E-state index in [9.17, 15) is 13.2 Å². The summed E-state index contributed by atoms with van der Waals surface area (Å²) in [7, 11) is -3.17. The zero-order valence-corrected chi connectivity index (χ0v) is 13.6. The van der Waals surface area contributed by atoms with E-state index < -0.39 is 15.1 Å². The van der Waals surface area contributed by atoms with Crippen molar-refractivity contribution in [2.24, 2.45) is 5.92 Å². The molecule has 0 spiro atoms. The summed E-state index contributed by atoms with van der Waals surface area (Å²) < 4.78 is 24.8. The molecule has 1 unspecified atom stereocenters. The average Bonchev–Trinajstić information content (AvgIpc) is 2.55. The van der Waals surface area contributed by atoms with Gasteiger partial charge in [-0.1, -0.05) is 49.6 Å². The molecule has 3 rings (SSSR count). The van der Waals surface area contributed by atoms with E-state index in [0.717, 1.165) is 31.2 Å². The highest BCUT2D eigenvalue weighted by atomic mass is 32.2. The molecule has 1 aromatic rings. The normalized spacial score (nSPS) is 25.8. The molecule has 1 heterocycles. The van der Waals surface area contributed by atoms with Crippen molar-refractivity contribution in [2.45, 2.75) is 37.4 Å². The number of benzene rings is 1. The van der Waals surface area contributed by atoms with Crippen LogP contribution in [0.2, 0.25) is 0 Å². The van der Waals surface area contributed by atoms with E-state index >= 15 is 0 Å². The molecular weight excluding hydrogens is 298 g/mol. The molecule has 2 aliphatic rings. The molecule has 1 saturated heterocycles. The van der Waals surface area contributed by atoms with Crippen molar-refractivity contribution in [2.75, 3.05) is 18.8 Å². The molecule has 1 aliphatic heterocycles. The lowest BCUT2D eigenvalue weighted by Crippen LogP contribution is -2.47. The molecule has 0 N–H and O–H groups in total. The fraction of sp³-hybridized carbons (Fsp3) is 0.588. The van der Waals surface area contributed by atoms with Gasteiger partial charge in [0.15, 0.2) is 9.84 Å². The molecule has 1 amide bonds. The van der Waals surface area contributed by atoms with E-state index in [2.05, 4.69) is 0 Å². The van der Waals surface area contributed by atoms with Crippen molar-refractivity contribution in [3.8, 4) is 0 Å². The minimum Gasteiger partial charge on any atom is -0.340 e. The van der Waals surface area contributed by atoms with E-state index in [-0.39, 0.29) is 17.6 Å². The molecule has 2 fully saturated rings. The van der Waals surface area contributed by atoms with Gasteiger partial charge in [0.1, 0.15) is 5.25 Å². The van der Waals surface area contributed by atoms with Crippen molar-refractivity contribution >= 4 is 15.7 Å². The topological polar surface area (TPSA) is 54.5 Å². The van der Waals surface area contributed by atoms with E-state index in [1.165, 1.54) is 6.42 Å². The van der Waals surface area contributed by atoms with E-state index in [0.29, 0.717) is 13.1 Å². The number of amides is 1. The van der Waals surface area contributed by atoms with Crippen molar-refractivity contribution in [3.63, 3.8) is 0 Å². The smallest absolute Gasteiger partial charge is 0.225 e. The van der Waals surface area contributed by atoms with Crippen LogP contribution in [-0.2, 0) is 14.6 Å². The molecule has 0 aromatic heterocycles. The van der Waals surface area contributed by atoms with E-state index in [4.69, 9.17) is 0 Å². The van der Waals surface area contributed by atoms with Crippen molar-refractivity contribution in [1.29, 1.82) is 0 Å². The maximum absolute atomic E-state index is 12.7. The average molecular weight is 321 g/mol. The fourth-order valence-electron chi connectivity index (χ4n) is 3.57. The van der Waals surface area contributed by atoms with Gasteiger partial charge in [-0.05, 0) is 18.4 Å². The Bertz CT molecular complexity index is 621. The Balaban J connectivity index is 1.77. The van der Waals surface area contributed by atoms with Gasteiger partial charge >= 0.3 is 0 Å². The van der Waals surface area contributed by atoms with Gasteiger partial charge in [-0.25, -0.2) is 8.42 Å². The minimum absolute atomic E-state index is 0.0744. The maximum Gasteiger partial charge on any atom is 0.225 e. The highest BCUT2D eigenvalue weighted by molar-refractivity contribution is 7.91. The minimum atomic E-state index is -3.17. The van der Waals surface area contributed by atoms with Crippen molar-refractivity contribution in [3.05, 3.63) is 35.9 Å². The van der Waals surface area contributed by atoms with Gasteiger partial charge < -0.3 is 4.90 Å². The van der Waals surface area contributed by atoms with Crippen LogP contribution in [0.4, 0.5) is 0 Å². The molecule has 1 atom stereocenters. The second-order valence-corrected chi connectivity index (χ2v) is 8.69. The summed E-state index contributed by atoms with van der Waals surface area (Å²) in [6.45, 7) is 0.655. The standard InChI is InChI=1S/C17H23NO3S/c19-17(15-9-5-2-6-10-15)18-11-12-22(20,21)16(13-18)14-7-3-1-4-8-14/h1,3-4,7-8,15-16H,2,5-6,9-13H2. The zero-order valence-electron chi connectivity index (χ0n) is 12.8. The number of nitrogens with zero attached hydrogens (tertiary/aromatic N) is 1. The largest absolute Gasteiger partial charge is 0.340 e. The van der Waals surface area contributed by atoms with Gasteiger partial charge in [-0.15, -0.1) is 0 Å². The van der Waals surface area contributed by atoms with Crippen LogP contribution in [0.3, 0.4) is 0 Å². The highest BCUT2D eigenvalue weighted by Crippen LogP contribution is 2.31. The second kappa shape index (κ2) is 6.41. The van der Waals surface area contributed by atoms with Crippen LogP contribution in [0.15, 0.2) is 30.3 Å². The van der Waals surface area contributed by atoms with Gasteiger partial charge in [-0.3, -0.25) is 4.79 Å². The van der Waals surface area contributed by atoms with Crippen LogP contribution < -0.4 is 0 Å². The predicted octanol–water partition coefficient (Wildman–Crippen LogP) is 2.57. The van der Waals surface area contributed by atoms with Crippen LogP contribution in [0, 0.1) is 5.92 Å². The first-order valence-corrected chi connectivity index (χ1v) is 9.85. The summed E-state index contributed by atoms with van der Waals surface area (Å²) >= 11 is 0. The SMILES string of the molecule is O=C(C1CCCCC1)N1CCS(=O)(=O)C(c2ccccc2)C1. The first-order chi connectivity index (χ1) is 10.6. The van der Waals surface area contributed by atoms with Gasteiger partial charge in [0, 0.05) is 19.0 Å². The van der Waals surface area contributed by atoms with Crippen LogP contribution in [-0.4, -0.2) is 38.1 Å². The summed E-state index contributed by atoms with van der Waals surface area (Å²) in [5.41, 5.74) is 0.795. The molecule has 22 heavy (non-hydrogen) atoms. The molecule has 4 nitrogen and oxygen atoms in total. The third-order valence-electron chi connectivity index (χ3n) is 4.90. The molecule has 0 bridgehead atoms. The molecule has 1 aliphatic carbocycles. The van der Waals surface area contributed by atoms with Crippen molar-refractivity contribution in [1.82, 2.24) is 4.90 Å². The Morgan fingerprint density at radius 2 is 1.73 bits per heavy atom. The Hall–Kier alpha value is -1.36. The third kappa shape index (κ3) is 3.19. The number of hydrogen-bond acceptors (Lipinski definition) is 3. The van der Waals surface area contributed by atoms with Gasteiger partial charge in [-0.2, -0.15) is 0 Å². The lowest BCUT2D eigenvalue weighted by Gasteiger charge is -2.35. The number of hydrogen-bond donors (Lipinski definition) is 0. The molecule has 1 saturated carbocycles. The lowest BCUT2D eigenvalue weighted by atomic mass is 9.88. The van der Waals surface area contributed by atoms with Gasteiger partial charge in [0.2, 0.25) is 5.91 Å². The molecule has 0 radical (unpaired) electrons. The number of rotatable bonds is 2. The Morgan fingerprint density at radius 1 is 1.05 bits per heavy atom. The van der Waals surface area contributed by atoms with Crippen LogP contribution in [0.25, 0.3) is 0 Å². The van der Waals surface area contributed by atoms with Gasteiger partial charge in [0.05, 0.1) is 5.75 Å². The maximum atomic E-state index is 12.7. The monoisotopic (exact) mass is 321 g/mol. The quantitative estimate of drug-likeness (QED) is 0.841. The molecule has 5 heteroatoms. The summed E-state index contributed by atoms with van der Waals surface area (Å²) in [6, 6.07) is 9.27. The van der Waals surface area contributed by atoms with Gasteiger partial charge in [0.25, 0.3) is 0 Å². The number of carbonyl (C=O) groups is 1. The van der Waals surface area contributed by atoms with Crippen LogP contribution >= 0.6 is 0 Å². The van der Waals surface area contributed by atoms with Crippen LogP contribution in [0.5, 0.6) is 0 Å². The number of sulfone groups is 1. The van der Waals surface area contributed by atoms with E-state index in [1.807, 2.05) is 30.3 Å². The van der Waals surface area contributed by atoms with E-state index in [1.54, 1.807) is 4.90 Å².